The van der Waals surface area contributed by atoms with Crippen LogP contribution >= 0.6 is 11.8 Å². The van der Waals surface area contributed by atoms with Gasteiger partial charge in [-0.3, -0.25) is 4.99 Å². The highest BCUT2D eigenvalue weighted by atomic mass is 32.2. The molecule has 206 valence electrons. The van der Waals surface area contributed by atoms with Gasteiger partial charge < -0.3 is 21.3 Å². The van der Waals surface area contributed by atoms with Gasteiger partial charge in [0.25, 0.3) is 0 Å². The summed E-state index contributed by atoms with van der Waals surface area (Å²) in [6.45, 7) is 13.4. The quantitative estimate of drug-likeness (QED) is 0.413. The van der Waals surface area contributed by atoms with Crippen LogP contribution in [0, 0.1) is 5.92 Å². The van der Waals surface area contributed by atoms with E-state index in [1.807, 2.05) is 37.3 Å². The number of amidine groups is 1. The Hall–Kier alpha value is -2.08. The van der Waals surface area contributed by atoms with Gasteiger partial charge >= 0.3 is 6.03 Å². The lowest BCUT2D eigenvalue weighted by atomic mass is 9.92. The number of sulfonamides is 1. The molecular formula is C26H42N6O3S2. The van der Waals surface area contributed by atoms with E-state index in [4.69, 9.17) is 10.7 Å². The maximum atomic E-state index is 12.9. The van der Waals surface area contributed by atoms with Gasteiger partial charge in [-0.25, -0.2) is 17.9 Å². The molecule has 1 aromatic carbocycles. The summed E-state index contributed by atoms with van der Waals surface area (Å²) in [5, 5.41) is 6.92. The van der Waals surface area contributed by atoms with Crippen LogP contribution in [-0.2, 0) is 16.6 Å². The molecule has 3 atom stereocenters. The van der Waals surface area contributed by atoms with Gasteiger partial charge in [-0.1, -0.05) is 55.6 Å². The van der Waals surface area contributed by atoms with E-state index in [0.717, 1.165) is 36.7 Å². The molecule has 1 unspecified atom stereocenters. The number of piperidine rings is 1. The minimum atomic E-state index is -3.73. The first-order valence-electron chi connectivity index (χ1n) is 12.9. The predicted molar refractivity (Wildman–Crippen MR) is 153 cm³/mol. The van der Waals surface area contributed by atoms with Crippen molar-refractivity contribution in [2.45, 2.75) is 77.2 Å². The zero-order valence-corrected chi connectivity index (χ0v) is 24.0. The second-order valence-corrected chi connectivity index (χ2v) is 13.8. The average molecular weight is 551 g/mol. The van der Waals surface area contributed by atoms with E-state index >= 15 is 0 Å². The number of nitrogens with one attached hydrogen (secondary N) is 3. The topological polar surface area (TPSA) is 129 Å². The molecule has 1 fully saturated rings. The van der Waals surface area contributed by atoms with Gasteiger partial charge in [0.1, 0.15) is 0 Å². The van der Waals surface area contributed by atoms with Crippen LogP contribution in [0.4, 0.5) is 4.79 Å². The van der Waals surface area contributed by atoms with Crippen LogP contribution in [-0.4, -0.2) is 67.0 Å². The molecule has 0 aliphatic carbocycles. The van der Waals surface area contributed by atoms with Crippen LogP contribution in [0.1, 0.15) is 52.5 Å². The minimum Gasteiger partial charge on any atom is -0.351 e. The lowest BCUT2D eigenvalue weighted by Crippen LogP contribution is -2.48. The number of hydrogen-bond donors (Lipinski definition) is 4. The van der Waals surface area contributed by atoms with Crippen LogP contribution in [0.25, 0.3) is 0 Å². The first-order valence-corrected chi connectivity index (χ1v) is 15.3. The second kappa shape index (κ2) is 12.6. The van der Waals surface area contributed by atoms with Crippen LogP contribution in [0.5, 0.6) is 0 Å². The summed E-state index contributed by atoms with van der Waals surface area (Å²) in [5.74, 6) is 0.526. The third-order valence-electron chi connectivity index (χ3n) is 6.59. The lowest BCUT2D eigenvalue weighted by Gasteiger charge is -2.32. The van der Waals surface area contributed by atoms with Gasteiger partial charge in [-0.2, -0.15) is 0 Å². The number of carbonyl (C=O) groups is 1. The first kappa shape index (κ1) is 29.5. The molecule has 2 amide bonds. The van der Waals surface area contributed by atoms with Gasteiger partial charge in [0.05, 0.1) is 10.9 Å². The molecule has 2 aliphatic rings. The Morgan fingerprint density at radius 3 is 2.49 bits per heavy atom. The molecule has 0 radical (unpaired) electrons. The minimum absolute atomic E-state index is 0.0993. The lowest BCUT2D eigenvalue weighted by molar-refractivity contribution is 0.231. The van der Waals surface area contributed by atoms with Crippen molar-refractivity contribution in [1.82, 2.24) is 20.3 Å². The third kappa shape index (κ3) is 9.01. The third-order valence-corrected chi connectivity index (χ3v) is 9.55. The van der Waals surface area contributed by atoms with Gasteiger partial charge in [0.2, 0.25) is 10.0 Å². The maximum absolute atomic E-state index is 12.9. The summed E-state index contributed by atoms with van der Waals surface area (Å²) in [7, 11) is -3.73. The Labute approximate surface area is 226 Å². The fraction of sp³-hybridized carbons (Fsp3) is 0.615. The Bertz CT molecular complexity index is 1060. The number of likely N-dealkylation sites (tertiary alicyclic amines) is 1. The van der Waals surface area contributed by atoms with Gasteiger partial charge in [-0.15, -0.1) is 0 Å². The second-order valence-electron chi connectivity index (χ2n) is 11.0. The van der Waals surface area contributed by atoms with E-state index in [0.29, 0.717) is 12.3 Å². The number of thioether (sulfide) groups is 1. The van der Waals surface area contributed by atoms with Crippen molar-refractivity contribution in [3.8, 4) is 0 Å². The highest BCUT2D eigenvalue weighted by Gasteiger charge is 2.35. The Morgan fingerprint density at radius 1 is 1.22 bits per heavy atom. The van der Waals surface area contributed by atoms with Gasteiger partial charge in [0, 0.05) is 55.3 Å². The number of rotatable bonds is 7. The summed E-state index contributed by atoms with van der Waals surface area (Å²) in [6.07, 6.45) is 1.95. The van der Waals surface area contributed by atoms with Crippen molar-refractivity contribution in [3.05, 3.63) is 47.4 Å². The zero-order chi connectivity index (χ0) is 27.2. The number of nitrogens with zero attached hydrogens (tertiary/aromatic N) is 2. The number of benzene rings is 1. The molecule has 1 saturated heterocycles. The van der Waals surface area contributed by atoms with Crippen molar-refractivity contribution >= 4 is 33.0 Å². The molecule has 0 bridgehead atoms. The number of hydrogen-bond acceptors (Lipinski definition) is 7. The summed E-state index contributed by atoms with van der Waals surface area (Å²) < 4.78 is 28.6. The SMILES string of the molecule is C=C(C[C@H]1N=C(N2CCC(N)CC2)SCC(NC(=O)NCc2ccccc2)[C@H]1C)S(=O)(=O)NC(C)(C)C. The van der Waals surface area contributed by atoms with Crippen LogP contribution < -0.4 is 21.1 Å². The molecule has 11 heteroatoms. The van der Waals surface area contributed by atoms with E-state index in [1.54, 1.807) is 32.5 Å². The van der Waals surface area contributed by atoms with Crippen LogP contribution in [0.2, 0.25) is 0 Å². The highest BCUT2D eigenvalue weighted by molar-refractivity contribution is 8.13. The molecule has 37 heavy (non-hydrogen) atoms. The number of carbonyl (C=O) groups excluding carboxylic acids is 1. The van der Waals surface area contributed by atoms with Crippen LogP contribution in [0.3, 0.4) is 0 Å². The standard InChI is InChI=1S/C26H42N6O3S2/c1-18(37(34,35)31-26(3,4)5)15-22-19(2)23(29-24(33)28-16-20-9-7-6-8-10-20)17-36-25(30-22)32-13-11-21(27)12-14-32/h6-10,19,21-23,31H,1,11-17,27H2,2-5H3,(H2,28,29,33)/t19-,22+,23?/m0/s1. The van der Waals surface area contributed by atoms with Gasteiger partial charge in [0.15, 0.2) is 5.17 Å². The zero-order valence-electron chi connectivity index (χ0n) is 22.4. The smallest absolute Gasteiger partial charge is 0.315 e. The predicted octanol–water partition coefficient (Wildman–Crippen LogP) is 3.01. The molecule has 1 aromatic rings. The van der Waals surface area contributed by atoms with E-state index in [2.05, 4.69) is 26.8 Å². The Morgan fingerprint density at radius 2 is 1.86 bits per heavy atom. The normalized spacial score (nSPS) is 23.6. The largest absolute Gasteiger partial charge is 0.351 e. The molecule has 2 heterocycles. The highest BCUT2D eigenvalue weighted by Crippen LogP contribution is 2.30. The molecule has 3 rings (SSSR count). The Balaban J connectivity index is 1.75. The molecule has 5 N–H and O–H groups in total. The summed E-state index contributed by atoms with van der Waals surface area (Å²) in [6, 6.07) is 9.11. The van der Waals surface area contributed by atoms with Gasteiger partial charge in [-0.05, 0) is 39.2 Å². The van der Waals surface area contributed by atoms with E-state index in [1.165, 1.54) is 0 Å². The molecule has 0 aromatic heterocycles. The van der Waals surface area contributed by atoms with E-state index < -0.39 is 15.6 Å². The number of amides is 2. The molecule has 9 nitrogen and oxygen atoms in total. The summed E-state index contributed by atoms with van der Waals surface area (Å²) in [5.41, 5.74) is 6.50. The molecule has 0 spiro atoms. The average Bonchev–Trinajstić information content (AvgIpc) is 2.97. The van der Waals surface area contributed by atoms with Crippen molar-refractivity contribution in [2.75, 3.05) is 18.8 Å². The number of nitrogens with two attached hydrogens (primary N) is 1. The summed E-state index contributed by atoms with van der Waals surface area (Å²) >= 11 is 1.61. The molecule has 2 aliphatic heterocycles. The van der Waals surface area contributed by atoms with E-state index in [9.17, 15) is 13.2 Å². The van der Waals surface area contributed by atoms with Crippen molar-refractivity contribution in [2.24, 2.45) is 16.6 Å². The number of urea groups is 1. The monoisotopic (exact) mass is 550 g/mol. The number of aliphatic imine (C=N–C) groups is 1. The van der Waals surface area contributed by atoms with Crippen LogP contribution in [0.15, 0.2) is 46.8 Å². The summed E-state index contributed by atoms with van der Waals surface area (Å²) in [4.78, 5) is 20.2. The fourth-order valence-corrected chi connectivity index (χ4v) is 7.00. The fourth-order valence-electron chi connectivity index (χ4n) is 4.37. The van der Waals surface area contributed by atoms with Crippen molar-refractivity contribution < 1.29 is 13.2 Å². The molecule has 0 saturated carbocycles. The van der Waals surface area contributed by atoms with Crippen molar-refractivity contribution in [1.29, 1.82) is 0 Å². The maximum Gasteiger partial charge on any atom is 0.315 e. The van der Waals surface area contributed by atoms with E-state index in [-0.39, 0.29) is 41.4 Å². The first-order chi connectivity index (χ1) is 17.3. The molecular weight excluding hydrogens is 508 g/mol. The van der Waals surface area contributed by atoms with Crippen molar-refractivity contribution in [3.63, 3.8) is 0 Å². The Kier molecular flexibility index (Phi) is 10.1.